The van der Waals surface area contributed by atoms with E-state index < -0.39 is 235 Å². The Kier molecular flexibility index (Phi) is 47.8. The van der Waals surface area contributed by atoms with Gasteiger partial charge < -0.3 is 141 Å². The maximum atomic E-state index is 14.5. The van der Waals surface area contributed by atoms with Gasteiger partial charge in [0.25, 0.3) is 0 Å². The fourth-order valence-corrected chi connectivity index (χ4v) is 17.1. The van der Waals surface area contributed by atoms with Gasteiger partial charge in [-0.15, -0.1) is 0 Å². The molecule has 750 valence electrons. The zero-order valence-corrected chi connectivity index (χ0v) is 78.3. The third-order valence-corrected chi connectivity index (χ3v) is 24.1. The Morgan fingerprint density at radius 1 is 0.397 bits per heavy atom. The number of Topliss-reactive ketones (excluding diaryl/α,β-unsaturated/α-hetero) is 3. The van der Waals surface area contributed by atoms with Crippen LogP contribution in [0.1, 0.15) is 179 Å². The zero-order chi connectivity index (χ0) is 97.5. The van der Waals surface area contributed by atoms with Gasteiger partial charge in [-0.05, 0) is 98.7 Å². The summed E-state index contributed by atoms with van der Waals surface area (Å²) in [6, 6.07) is 19.9. The van der Waals surface area contributed by atoms with E-state index in [4.69, 9.17) is 39.1 Å². The number of aliphatic carboxylic acids is 3. The average molecular weight is 1900 g/mol. The fraction of sp³-hybridized carbons (Fsp3) is 0.548. The molecule has 6 aliphatic rings. The number of carboxylic acids is 3. The number of guanidine groups is 3. The van der Waals surface area contributed by atoms with Crippen LogP contribution in [0.5, 0.6) is 0 Å². The number of nitrogens with zero attached hydrogens (tertiary/aromatic N) is 3. The summed E-state index contributed by atoms with van der Waals surface area (Å²) in [4.78, 5) is 249. The van der Waals surface area contributed by atoms with E-state index >= 15 is 0 Å². The summed E-state index contributed by atoms with van der Waals surface area (Å²) in [6.45, 7) is 5.38. The SMILES string of the molecule is CC(C)[C@H]1CC[C@H](C)CC12NC(=O)[C@@H](Cc1ccccc1)NC(=O)[C@H](CC(=O)O)CC(=O)CNC(=O)[C@H](CCCN=C(N)N)NC2=O.NC(N)=NCCC[C@@H]1NC(=O)C2(CCCCC2)NC(=O)[C@@H](Cc2ccccc2)NC(=O)[C@H](CC(=O)O)CC(=O)CNC1=O.NC(N)=NCCC[C@@H]1NC(=O)C2(CCOCC2)NC(=O)[C@@H](Cc2ccccc2)NC(=O)[C@H](CC(=O)O)CC(=O)CNC1=O.[CH3-].[CH3-].[CH3-]. The van der Waals surface area contributed by atoms with Crippen LogP contribution in [0.2, 0.25) is 0 Å². The molecule has 2 aliphatic carbocycles. The third-order valence-electron chi connectivity index (χ3n) is 24.1. The summed E-state index contributed by atoms with van der Waals surface area (Å²) in [6.07, 6.45) is 2.87. The van der Waals surface area contributed by atoms with Crippen LogP contribution in [0.4, 0.5) is 0 Å². The second-order valence-electron chi connectivity index (χ2n) is 35.0. The predicted molar refractivity (Wildman–Crippen MR) is 503 cm³/mol. The van der Waals surface area contributed by atoms with E-state index in [-0.39, 0.29) is 142 Å². The van der Waals surface area contributed by atoms with Crippen LogP contribution in [0.3, 0.4) is 0 Å². The number of nitrogens with two attached hydrogens (primary N) is 6. The molecule has 0 bridgehead atoms. The summed E-state index contributed by atoms with van der Waals surface area (Å²) in [7, 11) is 0. The number of ether oxygens (including phenoxy) is 1. The maximum Gasteiger partial charge on any atom is 0.304 e. The summed E-state index contributed by atoms with van der Waals surface area (Å²) < 4.78 is 5.45. The molecular weight excluding hydrogens is 1760 g/mol. The van der Waals surface area contributed by atoms with Crippen molar-refractivity contribution in [3.05, 3.63) is 130 Å². The van der Waals surface area contributed by atoms with Crippen LogP contribution < -0.4 is 98.2 Å². The summed E-state index contributed by atoms with van der Waals surface area (Å²) in [5.74, 6) is -18.2. The minimum atomic E-state index is -1.47. The molecule has 9 rings (SSSR count). The quantitative estimate of drug-likeness (QED) is 0.0211. The van der Waals surface area contributed by atoms with Gasteiger partial charge in [0.15, 0.2) is 35.2 Å². The number of aliphatic imine (C=N–C) groups is 3. The molecule has 3 aromatic rings. The normalized spacial score (nSPS) is 24.5. The number of carbonyl (C=O) groups excluding carboxylic acids is 15. The lowest BCUT2D eigenvalue weighted by Gasteiger charge is -2.48. The van der Waals surface area contributed by atoms with Crippen molar-refractivity contribution in [1.82, 2.24) is 63.8 Å². The van der Waals surface area contributed by atoms with Crippen LogP contribution in [0.25, 0.3) is 0 Å². The Balaban J connectivity index is 0.000000422. The van der Waals surface area contributed by atoms with E-state index in [1.165, 1.54) is 0 Å². The van der Waals surface area contributed by atoms with Crippen LogP contribution in [-0.2, 0) is 110 Å². The van der Waals surface area contributed by atoms with E-state index in [2.05, 4.69) is 78.8 Å². The van der Waals surface area contributed by atoms with Gasteiger partial charge in [0.05, 0.1) is 56.7 Å². The smallest absolute Gasteiger partial charge is 0.304 e. The molecule has 4 heterocycles. The van der Waals surface area contributed by atoms with E-state index in [9.17, 15) is 102 Å². The first-order valence-electron chi connectivity index (χ1n) is 44.9. The van der Waals surface area contributed by atoms with Gasteiger partial charge in [0, 0.05) is 84.2 Å². The molecule has 6 fully saturated rings. The lowest BCUT2D eigenvalue weighted by Crippen LogP contribution is -2.69. The van der Waals surface area contributed by atoms with Crippen molar-refractivity contribution < 1.29 is 106 Å². The minimum absolute atomic E-state index is 0. The van der Waals surface area contributed by atoms with E-state index in [1.807, 2.05) is 26.8 Å². The Bertz CT molecular complexity index is 4480. The lowest BCUT2D eigenvalue weighted by molar-refractivity contribution is -0.144. The van der Waals surface area contributed by atoms with Gasteiger partial charge in [0.1, 0.15) is 52.9 Å². The third kappa shape index (κ3) is 37.0. The molecule has 3 aromatic carbocycles. The highest BCUT2D eigenvalue weighted by Gasteiger charge is 2.53. The predicted octanol–water partition coefficient (Wildman–Crippen LogP) is -0.921. The number of carboxylic acid groups (broad SMARTS) is 3. The van der Waals surface area contributed by atoms with Gasteiger partial charge >= 0.3 is 17.9 Å². The first-order chi connectivity index (χ1) is 63.2. The summed E-state index contributed by atoms with van der Waals surface area (Å²) in [5, 5.41) is 61.0. The van der Waals surface area contributed by atoms with Gasteiger partial charge in [-0.1, -0.05) is 137 Å². The number of ketones is 3. The molecule has 4 saturated heterocycles. The molecule has 12 amide bonds. The Morgan fingerprint density at radius 2 is 0.706 bits per heavy atom. The number of carbonyl (C=O) groups is 18. The lowest BCUT2D eigenvalue weighted by atomic mass is 9.64. The van der Waals surface area contributed by atoms with E-state index in [0.717, 1.165) is 24.0 Å². The van der Waals surface area contributed by atoms with Crippen LogP contribution in [0, 0.1) is 57.8 Å². The molecule has 3 spiro atoms. The number of amides is 12. The molecule has 136 heavy (non-hydrogen) atoms. The average Bonchev–Trinajstić information content (AvgIpc) is 0.863. The van der Waals surface area contributed by atoms with Crippen molar-refractivity contribution >= 4 is 124 Å². The van der Waals surface area contributed by atoms with Crippen molar-refractivity contribution in [1.29, 1.82) is 0 Å². The standard InChI is InChI=1S/C33H49N7O7.C29H41N7O7.C28H39N7O8.3CH3/c1-19(2)24-12-11-20(3)17-33(24)31(47)39-25(10-7-13-36-32(34)35)29(45)37-18-23(41)15-22(16-27(42)43)28(44)38-26(30(46)40-33)14-21-8-5-4-6-9-21;30-28(31)32-13-7-10-21-25(41)33-17-20(37)15-19(16-23(38)39)24(40)34-22(14-18-8-3-1-4-9-18)26(42)36-29(27(43)35-21)11-5-2-6-12-29;29-27(30)31-10-4-7-20-24(40)32-16-19(36)14-18(15-22(37)38)23(39)33-21(13-17-5-2-1-3-6-17)25(41)35-28(26(42)34-20)8-11-43-12-9-28;;;/h4-6,8-9,19-20,22,24-26H,7,10-18H2,1-3H3,(H,37,45)(H,38,44)(H,39,47)(H,40,46)(H,42,43)(H4,34,35,36);1,3-4,8-9,19,21-22H,2,5-7,10-17H2,(H,33,41)(H,34,40)(H,35,43)(H,36,42)(H,38,39)(H4,30,31,32);1-3,5-6,18,20-21H,4,7-16H2,(H,32,40)(H,33,39)(H,34,42)(H,35,41)(H,37,38)(H4,29,30,31);3*1H3/q;;;3*-1/t20-,22-,24+,25-,26+,33?;19-,21-,22+;18-,20-,21+;;;/m000.../s1. The molecule has 1 unspecified atom stereocenters. The second kappa shape index (κ2) is 56.6. The van der Waals surface area contributed by atoms with Crippen LogP contribution >= 0.6 is 0 Å². The summed E-state index contributed by atoms with van der Waals surface area (Å²) >= 11 is 0. The highest BCUT2D eigenvalue weighted by atomic mass is 16.5. The van der Waals surface area contributed by atoms with Crippen LogP contribution in [-0.4, -0.2) is 245 Å². The number of rotatable bonds is 25. The highest BCUT2D eigenvalue weighted by Crippen LogP contribution is 2.42. The molecule has 43 nitrogen and oxygen atoms in total. The number of hydrogen-bond donors (Lipinski definition) is 21. The first-order valence-corrected chi connectivity index (χ1v) is 44.9. The van der Waals surface area contributed by atoms with Crippen molar-refractivity contribution in [3.63, 3.8) is 0 Å². The zero-order valence-electron chi connectivity index (χ0n) is 78.3. The summed E-state index contributed by atoms with van der Waals surface area (Å²) in [5.41, 5.74) is 30.3. The highest BCUT2D eigenvalue weighted by molar-refractivity contribution is 6.03. The van der Waals surface area contributed by atoms with E-state index in [1.54, 1.807) is 84.9 Å². The van der Waals surface area contributed by atoms with Crippen LogP contribution in [0.15, 0.2) is 106 Å². The van der Waals surface area contributed by atoms with Gasteiger partial charge in [-0.3, -0.25) is 101 Å². The van der Waals surface area contributed by atoms with Crippen molar-refractivity contribution in [2.45, 2.75) is 234 Å². The van der Waals surface area contributed by atoms with Crippen molar-refractivity contribution in [2.75, 3.05) is 52.5 Å². The van der Waals surface area contributed by atoms with Crippen molar-refractivity contribution in [3.8, 4) is 0 Å². The number of nitrogens with one attached hydrogen (secondary N) is 12. The molecule has 2 saturated carbocycles. The minimum Gasteiger partial charge on any atom is -0.481 e. The Labute approximate surface area is 792 Å². The first kappa shape index (κ1) is 115. The Hall–Kier alpha value is -13.5. The second-order valence-corrected chi connectivity index (χ2v) is 35.0. The molecule has 43 heteroatoms. The molecule has 27 N–H and O–H groups in total. The largest absolute Gasteiger partial charge is 0.481 e. The number of benzene rings is 3. The van der Waals surface area contributed by atoms with Crippen molar-refractivity contribution in [2.24, 2.45) is 84.9 Å². The molecule has 4 aliphatic heterocycles. The molecule has 12 atom stereocenters. The molecule has 0 aromatic heterocycles. The van der Waals surface area contributed by atoms with E-state index in [0.29, 0.717) is 63.4 Å². The van der Waals surface area contributed by atoms with Gasteiger partial charge in [-0.25, -0.2) is 0 Å². The fourth-order valence-electron chi connectivity index (χ4n) is 17.1. The maximum absolute atomic E-state index is 14.5. The molecule has 0 radical (unpaired) electrons. The topological polar surface area (TPSA) is 715 Å². The molecular formula is C93H138N21O22-3. The van der Waals surface area contributed by atoms with Gasteiger partial charge in [0.2, 0.25) is 70.9 Å². The number of hydrogen-bond acceptors (Lipinski definition) is 22. The Morgan fingerprint density at radius 3 is 1.01 bits per heavy atom. The monoisotopic (exact) mass is 1900 g/mol. The van der Waals surface area contributed by atoms with Gasteiger partial charge in [-0.2, -0.15) is 0 Å².